The standard InChI is InChI=1S/C28H41F3N4O4/c1-28(2,3)25(33-26(37)20(16-35(39)17-36)12-18-6-4-5-7-18)27(38)34-10-8-21(9-11-34)32-15-19-13-23(30)24(31)14-22(19)29/h13-14,17-18,20-21,25,32,39H,4-12,15-16H2,1-3H3,(H,33,37)/t20-,25-/m0/s1. The second-order valence-electron chi connectivity index (χ2n) is 12.0. The minimum atomic E-state index is -1.23. The first-order chi connectivity index (χ1) is 18.4. The van der Waals surface area contributed by atoms with Crippen molar-refractivity contribution in [1.29, 1.82) is 0 Å². The molecule has 8 nitrogen and oxygen atoms in total. The SMILES string of the molecule is CC(C)(C)[C@@H](NC(=O)[C@@H](CC1CCCC1)CN(O)C=O)C(=O)N1CCC(NCc2cc(F)c(F)cc2F)CC1. The van der Waals surface area contributed by atoms with Gasteiger partial charge in [0, 0.05) is 37.3 Å². The third kappa shape index (κ3) is 8.66. The molecule has 218 valence electrons. The van der Waals surface area contributed by atoms with E-state index in [-0.39, 0.29) is 42.9 Å². The van der Waals surface area contributed by atoms with E-state index in [1.807, 2.05) is 20.8 Å². The summed E-state index contributed by atoms with van der Waals surface area (Å²) in [6.45, 7) is 6.35. The number of amides is 3. The van der Waals surface area contributed by atoms with Crippen LogP contribution >= 0.6 is 0 Å². The molecule has 1 saturated heterocycles. The zero-order valence-corrected chi connectivity index (χ0v) is 23.0. The van der Waals surface area contributed by atoms with Crippen LogP contribution in [0.25, 0.3) is 0 Å². The molecule has 3 N–H and O–H groups in total. The summed E-state index contributed by atoms with van der Waals surface area (Å²) in [5, 5.41) is 16.4. The number of hydrogen-bond donors (Lipinski definition) is 3. The Morgan fingerprint density at radius 2 is 1.69 bits per heavy atom. The number of nitrogens with zero attached hydrogens (tertiary/aromatic N) is 2. The molecule has 11 heteroatoms. The lowest BCUT2D eigenvalue weighted by atomic mass is 9.84. The molecule has 1 heterocycles. The number of nitrogens with one attached hydrogen (secondary N) is 2. The van der Waals surface area contributed by atoms with Crippen LogP contribution in [-0.4, -0.2) is 65.1 Å². The highest BCUT2D eigenvalue weighted by Gasteiger charge is 2.38. The highest BCUT2D eigenvalue weighted by Crippen LogP contribution is 2.31. The van der Waals surface area contributed by atoms with Gasteiger partial charge in [-0.1, -0.05) is 46.5 Å². The normalized spacial score (nSPS) is 18.6. The Morgan fingerprint density at radius 1 is 1.08 bits per heavy atom. The van der Waals surface area contributed by atoms with Gasteiger partial charge in [-0.05, 0) is 36.7 Å². The molecule has 3 amide bonds. The van der Waals surface area contributed by atoms with Gasteiger partial charge >= 0.3 is 0 Å². The van der Waals surface area contributed by atoms with Crippen LogP contribution in [0.5, 0.6) is 0 Å². The Kier molecular flexibility index (Phi) is 10.8. The van der Waals surface area contributed by atoms with Crippen LogP contribution in [0.3, 0.4) is 0 Å². The lowest BCUT2D eigenvalue weighted by Crippen LogP contribution is -2.58. The number of benzene rings is 1. The van der Waals surface area contributed by atoms with Gasteiger partial charge in [0.05, 0.1) is 12.5 Å². The zero-order valence-electron chi connectivity index (χ0n) is 23.0. The van der Waals surface area contributed by atoms with Crippen LogP contribution < -0.4 is 10.6 Å². The minimum Gasteiger partial charge on any atom is -0.344 e. The molecule has 1 saturated carbocycles. The molecule has 2 atom stereocenters. The van der Waals surface area contributed by atoms with E-state index >= 15 is 0 Å². The van der Waals surface area contributed by atoms with Crippen LogP contribution in [0.2, 0.25) is 0 Å². The number of likely N-dealkylation sites (tertiary alicyclic amines) is 1. The van der Waals surface area contributed by atoms with Crippen molar-refractivity contribution in [3.63, 3.8) is 0 Å². The van der Waals surface area contributed by atoms with Crippen LogP contribution in [-0.2, 0) is 20.9 Å². The molecule has 0 aromatic heterocycles. The molecule has 0 spiro atoms. The van der Waals surface area contributed by atoms with Gasteiger partial charge in [-0.2, -0.15) is 0 Å². The summed E-state index contributed by atoms with van der Waals surface area (Å²) >= 11 is 0. The number of halogens is 3. The van der Waals surface area contributed by atoms with E-state index < -0.39 is 34.8 Å². The molecule has 1 aromatic carbocycles. The maximum absolute atomic E-state index is 13.9. The fourth-order valence-electron chi connectivity index (χ4n) is 5.53. The van der Waals surface area contributed by atoms with Gasteiger partial charge in [0.2, 0.25) is 18.2 Å². The first kappa shape index (κ1) is 30.9. The molecule has 1 aliphatic heterocycles. The summed E-state index contributed by atoms with van der Waals surface area (Å²) in [4.78, 5) is 39.6. The van der Waals surface area contributed by atoms with Crippen molar-refractivity contribution in [3.8, 4) is 0 Å². The number of hydroxylamine groups is 2. The molecule has 0 unspecified atom stereocenters. The Balaban J connectivity index is 1.59. The number of hydrogen-bond acceptors (Lipinski definition) is 5. The Hall–Kier alpha value is -2.66. The summed E-state index contributed by atoms with van der Waals surface area (Å²) in [6.07, 6.45) is 6.17. The average Bonchev–Trinajstić information content (AvgIpc) is 3.40. The predicted molar refractivity (Wildman–Crippen MR) is 139 cm³/mol. The number of carbonyl (C=O) groups is 3. The van der Waals surface area contributed by atoms with Gasteiger partial charge in [0.15, 0.2) is 11.6 Å². The molecular weight excluding hydrogens is 513 g/mol. The largest absolute Gasteiger partial charge is 0.344 e. The molecule has 1 aromatic rings. The van der Waals surface area contributed by atoms with Crippen LogP contribution in [0.1, 0.15) is 71.3 Å². The van der Waals surface area contributed by atoms with E-state index in [0.717, 1.165) is 31.7 Å². The molecule has 2 aliphatic rings. The molecular formula is C28H41F3N4O4. The van der Waals surface area contributed by atoms with Crippen molar-refractivity contribution in [2.75, 3.05) is 19.6 Å². The minimum absolute atomic E-state index is 0.0334. The maximum Gasteiger partial charge on any atom is 0.245 e. The molecule has 39 heavy (non-hydrogen) atoms. The fraction of sp³-hybridized carbons (Fsp3) is 0.679. The molecule has 2 fully saturated rings. The van der Waals surface area contributed by atoms with Crippen molar-refractivity contribution in [2.24, 2.45) is 17.3 Å². The monoisotopic (exact) mass is 554 g/mol. The maximum atomic E-state index is 13.9. The van der Waals surface area contributed by atoms with Crippen molar-refractivity contribution in [1.82, 2.24) is 20.6 Å². The van der Waals surface area contributed by atoms with Crippen LogP contribution in [0, 0.1) is 34.7 Å². The lowest BCUT2D eigenvalue weighted by Gasteiger charge is -2.39. The van der Waals surface area contributed by atoms with Gasteiger partial charge < -0.3 is 15.5 Å². The van der Waals surface area contributed by atoms with Crippen LogP contribution in [0.15, 0.2) is 12.1 Å². The average molecular weight is 555 g/mol. The highest BCUT2D eigenvalue weighted by molar-refractivity contribution is 5.89. The topological polar surface area (TPSA) is 102 Å². The zero-order chi connectivity index (χ0) is 28.7. The Morgan fingerprint density at radius 3 is 2.28 bits per heavy atom. The predicted octanol–water partition coefficient (Wildman–Crippen LogP) is 3.76. The van der Waals surface area contributed by atoms with E-state index in [0.29, 0.717) is 49.4 Å². The van der Waals surface area contributed by atoms with Gasteiger partial charge in [-0.15, -0.1) is 0 Å². The second kappa shape index (κ2) is 13.6. The van der Waals surface area contributed by atoms with Crippen LogP contribution in [0.4, 0.5) is 13.2 Å². The van der Waals surface area contributed by atoms with E-state index in [4.69, 9.17) is 0 Å². The summed E-state index contributed by atoms with van der Waals surface area (Å²) in [6, 6.07) is 0.529. The first-order valence-corrected chi connectivity index (χ1v) is 13.8. The fourth-order valence-corrected chi connectivity index (χ4v) is 5.53. The summed E-state index contributed by atoms with van der Waals surface area (Å²) in [5.74, 6) is -4.01. The number of rotatable bonds is 11. The third-order valence-corrected chi connectivity index (χ3v) is 7.87. The van der Waals surface area contributed by atoms with E-state index in [1.54, 1.807) is 4.90 Å². The first-order valence-electron chi connectivity index (χ1n) is 13.8. The lowest BCUT2D eigenvalue weighted by molar-refractivity contribution is -0.156. The summed E-state index contributed by atoms with van der Waals surface area (Å²) in [7, 11) is 0. The van der Waals surface area contributed by atoms with E-state index in [9.17, 15) is 32.8 Å². The summed E-state index contributed by atoms with van der Waals surface area (Å²) < 4.78 is 40.6. The highest BCUT2D eigenvalue weighted by atomic mass is 19.2. The second-order valence-corrected chi connectivity index (χ2v) is 12.0. The molecule has 3 rings (SSSR count). The Bertz CT molecular complexity index is 1010. The van der Waals surface area contributed by atoms with Gasteiger partial charge in [0.1, 0.15) is 11.9 Å². The van der Waals surface area contributed by atoms with Crippen molar-refractivity contribution < 1.29 is 32.8 Å². The quantitative estimate of drug-likeness (QED) is 0.167. The van der Waals surface area contributed by atoms with Crippen molar-refractivity contribution in [3.05, 3.63) is 35.1 Å². The van der Waals surface area contributed by atoms with Crippen molar-refractivity contribution in [2.45, 2.75) is 84.3 Å². The van der Waals surface area contributed by atoms with Gasteiger partial charge in [0.25, 0.3) is 0 Å². The molecule has 1 aliphatic carbocycles. The number of carbonyl (C=O) groups excluding carboxylic acids is 3. The number of piperidine rings is 1. The Labute approximate surface area is 228 Å². The third-order valence-electron chi connectivity index (χ3n) is 7.87. The van der Waals surface area contributed by atoms with Gasteiger partial charge in [-0.3, -0.25) is 19.6 Å². The van der Waals surface area contributed by atoms with E-state index in [1.165, 1.54) is 0 Å². The van der Waals surface area contributed by atoms with Gasteiger partial charge in [-0.25, -0.2) is 18.2 Å². The smallest absolute Gasteiger partial charge is 0.245 e. The summed E-state index contributed by atoms with van der Waals surface area (Å²) in [5.41, 5.74) is -0.556. The molecule has 0 bridgehead atoms. The van der Waals surface area contributed by atoms with E-state index in [2.05, 4.69) is 10.6 Å². The van der Waals surface area contributed by atoms with Crippen molar-refractivity contribution >= 4 is 18.2 Å². The molecule has 0 radical (unpaired) electrons.